The van der Waals surface area contributed by atoms with Gasteiger partial charge in [-0.2, -0.15) is 0 Å². The summed E-state index contributed by atoms with van der Waals surface area (Å²) >= 11 is 6.12. The topological polar surface area (TPSA) is 50.2 Å². The third-order valence-corrected chi connectivity index (χ3v) is 3.75. The molecule has 0 aliphatic rings. The highest BCUT2D eigenvalue weighted by Gasteiger charge is 2.16. The predicted octanol–water partition coefficient (Wildman–Crippen LogP) is 3.37. The number of hydrogen-bond donors (Lipinski definition) is 1. The lowest BCUT2D eigenvalue weighted by molar-refractivity contribution is -0.136. The molecule has 1 aromatic heterocycles. The van der Waals surface area contributed by atoms with Crippen molar-refractivity contribution in [1.29, 1.82) is 0 Å². The van der Waals surface area contributed by atoms with Crippen molar-refractivity contribution < 1.29 is 14.3 Å². The molecule has 2 aromatic rings. The molecule has 0 radical (unpaired) electrons. The Hall–Kier alpha value is -1.51. The second kappa shape index (κ2) is 6.50. The van der Waals surface area contributed by atoms with Crippen molar-refractivity contribution in [3.8, 4) is 11.1 Å². The van der Waals surface area contributed by atoms with E-state index in [1.165, 1.54) is 6.07 Å². The zero-order chi connectivity index (χ0) is 15.6. The molecule has 3 nitrogen and oxygen atoms in total. The Kier molecular flexibility index (Phi) is 4.92. The van der Waals surface area contributed by atoms with Crippen LogP contribution in [0.25, 0.3) is 11.1 Å². The maximum atomic E-state index is 14.2. The molecule has 1 aromatic carbocycles. The van der Waals surface area contributed by atoms with E-state index in [4.69, 9.17) is 16.7 Å². The van der Waals surface area contributed by atoms with Crippen LogP contribution in [0.5, 0.6) is 0 Å². The number of halogens is 2. The van der Waals surface area contributed by atoms with Crippen molar-refractivity contribution in [2.45, 2.75) is 19.8 Å². The average molecular weight is 326 g/mol. The van der Waals surface area contributed by atoms with E-state index in [-0.39, 0.29) is 23.8 Å². The van der Waals surface area contributed by atoms with E-state index in [0.29, 0.717) is 22.4 Å². The van der Waals surface area contributed by atoms with Gasteiger partial charge in [0, 0.05) is 17.7 Å². The molecule has 1 unspecified atom stereocenters. The minimum atomic E-state index is -0.932. The van der Waals surface area contributed by atoms with Crippen molar-refractivity contribution in [2.75, 3.05) is 0 Å². The average Bonchev–Trinajstić information content (AvgIpc) is 2.36. The Morgan fingerprint density at radius 1 is 1.38 bits per heavy atom. The minimum Gasteiger partial charge on any atom is -0.481 e. The van der Waals surface area contributed by atoms with Gasteiger partial charge in [0.2, 0.25) is 0 Å². The van der Waals surface area contributed by atoms with Gasteiger partial charge in [0.15, 0.2) is 0 Å². The summed E-state index contributed by atoms with van der Waals surface area (Å²) in [5, 5.41) is 9.79. The normalized spacial score (nSPS) is 10.7. The Balaban J connectivity index is 2.57. The standard InChI is InChI=1S/C15H14ClFNO2P/c1-8-6-12(10-3-2-9(21)7-13(10)17)11(15(16)18-8)4-5-14(19)20/h2-3,6-7H,4-5,21H2,1H3,(H,19,20). The molecule has 1 N–H and O–H groups in total. The number of aryl methyl sites for hydroxylation is 1. The first-order valence-electron chi connectivity index (χ1n) is 6.31. The number of carboxylic acids is 1. The van der Waals surface area contributed by atoms with E-state index >= 15 is 0 Å². The van der Waals surface area contributed by atoms with E-state index < -0.39 is 5.97 Å². The lowest BCUT2D eigenvalue weighted by atomic mass is 9.97. The maximum Gasteiger partial charge on any atom is 0.303 e. The monoisotopic (exact) mass is 325 g/mol. The van der Waals surface area contributed by atoms with E-state index in [0.717, 1.165) is 5.30 Å². The van der Waals surface area contributed by atoms with Crippen LogP contribution in [-0.4, -0.2) is 16.1 Å². The Morgan fingerprint density at radius 3 is 2.71 bits per heavy atom. The molecular weight excluding hydrogens is 312 g/mol. The molecule has 0 aliphatic carbocycles. The number of benzene rings is 1. The fourth-order valence-corrected chi connectivity index (χ4v) is 2.69. The maximum absolute atomic E-state index is 14.2. The largest absolute Gasteiger partial charge is 0.481 e. The zero-order valence-corrected chi connectivity index (χ0v) is 13.3. The molecule has 0 spiro atoms. The molecule has 1 heterocycles. The Bertz CT molecular complexity index is 706. The van der Waals surface area contributed by atoms with Crippen LogP contribution in [0.4, 0.5) is 4.39 Å². The minimum absolute atomic E-state index is 0.0825. The second-order valence-corrected chi connectivity index (χ2v) is 5.74. The van der Waals surface area contributed by atoms with Crippen molar-refractivity contribution in [3.63, 3.8) is 0 Å². The quantitative estimate of drug-likeness (QED) is 0.692. The van der Waals surface area contributed by atoms with Crippen LogP contribution in [0.2, 0.25) is 5.15 Å². The van der Waals surface area contributed by atoms with Crippen LogP contribution in [-0.2, 0) is 11.2 Å². The third kappa shape index (κ3) is 3.78. The number of aromatic nitrogens is 1. The van der Waals surface area contributed by atoms with Crippen LogP contribution >= 0.6 is 20.8 Å². The number of pyridine rings is 1. The SMILES string of the molecule is Cc1cc(-c2ccc(P)cc2F)c(CCC(=O)O)c(Cl)n1. The molecule has 0 fully saturated rings. The number of aliphatic carboxylic acids is 1. The molecule has 0 amide bonds. The van der Waals surface area contributed by atoms with E-state index in [2.05, 4.69) is 14.2 Å². The lowest BCUT2D eigenvalue weighted by Crippen LogP contribution is -2.03. The number of hydrogen-bond acceptors (Lipinski definition) is 2. The molecule has 6 heteroatoms. The van der Waals surface area contributed by atoms with E-state index in [1.807, 2.05) is 0 Å². The summed E-state index contributed by atoms with van der Waals surface area (Å²) in [5.41, 5.74) is 2.20. The predicted molar refractivity (Wildman–Crippen MR) is 84.7 cm³/mol. The molecule has 21 heavy (non-hydrogen) atoms. The molecular formula is C15H14ClFNO2P. The first kappa shape index (κ1) is 15.9. The molecule has 0 bridgehead atoms. The van der Waals surface area contributed by atoms with Crippen LogP contribution < -0.4 is 5.30 Å². The molecule has 0 saturated carbocycles. The summed E-state index contributed by atoms with van der Waals surface area (Å²) in [6, 6.07) is 6.56. The highest BCUT2D eigenvalue weighted by atomic mass is 35.5. The number of carbonyl (C=O) groups is 1. The first-order valence-corrected chi connectivity index (χ1v) is 7.27. The third-order valence-electron chi connectivity index (χ3n) is 3.07. The van der Waals surface area contributed by atoms with E-state index in [9.17, 15) is 9.18 Å². The molecule has 0 aliphatic heterocycles. The Labute approximate surface area is 129 Å². The molecule has 1 atom stereocenters. The van der Waals surface area contributed by atoms with Gasteiger partial charge in [-0.05, 0) is 41.9 Å². The summed E-state index contributed by atoms with van der Waals surface area (Å²) in [5.74, 6) is -1.31. The number of carboxylic acid groups (broad SMARTS) is 1. The van der Waals surface area contributed by atoms with Crippen molar-refractivity contribution in [2.24, 2.45) is 0 Å². The zero-order valence-electron chi connectivity index (χ0n) is 11.4. The fourth-order valence-electron chi connectivity index (χ4n) is 2.12. The van der Waals surface area contributed by atoms with Crippen LogP contribution in [0.15, 0.2) is 24.3 Å². The van der Waals surface area contributed by atoms with Crippen molar-refractivity contribution >= 4 is 32.1 Å². The van der Waals surface area contributed by atoms with Crippen LogP contribution in [0.1, 0.15) is 17.7 Å². The first-order chi connectivity index (χ1) is 9.88. The second-order valence-electron chi connectivity index (χ2n) is 4.71. The van der Waals surface area contributed by atoms with Gasteiger partial charge in [-0.15, -0.1) is 9.24 Å². The van der Waals surface area contributed by atoms with Gasteiger partial charge in [-0.1, -0.05) is 23.7 Å². The van der Waals surface area contributed by atoms with Gasteiger partial charge in [0.05, 0.1) is 0 Å². The molecule has 2 rings (SSSR count). The summed E-state index contributed by atoms with van der Waals surface area (Å²) < 4.78 is 14.2. The highest BCUT2D eigenvalue weighted by molar-refractivity contribution is 7.27. The van der Waals surface area contributed by atoms with Gasteiger partial charge >= 0.3 is 5.97 Å². The van der Waals surface area contributed by atoms with Gasteiger partial charge in [0.1, 0.15) is 11.0 Å². The summed E-state index contributed by atoms with van der Waals surface area (Å²) in [4.78, 5) is 14.9. The van der Waals surface area contributed by atoms with Crippen molar-refractivity contribution in [3.05, 3.63) is 46.5 Å². The van der Waals surface area contributed by atoms with Gasteiger partial charge in [-0.3, -0.25) is 4.79 Å². The van der Waals surface area contributed by atoms with Gasteiger partial charge in [-0.25, -0.2) is 9.37 Å². The highest BCUT2D eigenvalue weighted by Crippen LogP contribution is 2.31. The van der Waals surface area contributed by atoms with Crippen LogP contribution in [0, 0.1) is 12.7 Å². The summed E-state index contributed by atoms with van der Waals surface area (Å²) in [6.07, 6.45) is 0.125. The smallest absolute Gasteiger partial charge is 0.303 e. The van der Waals surface area contributed by atoms with Crippen molar-refractivity contribution in [1.82, 2.24) is 4.98 Å². The lowest BCUT2D eigenvalue weighted by Gasteiger charge is -2.13. The van der Waals surface area contributed by atoms with E-state index in [1.54, 1.807) is 25.1 Å². The Morgan fingerprint density at radius 2 is 2.10 bits per heavy atom. The molecule has 110 valence electrons. The number of nitrogens with zero attached hydrogens (tertiary/aromatic N) is 1. The summed E-state index contributed by atoms with van der Waals surface area (Å²) in [6.45, 7) is 1.76. The summed E-state index contributed by atoms with van der Waals surface area (Å²) in [7, 11) is 2.43. The van der Waals surface area contributed by atoms with Gasteiger partial charge < -0.3 is 5.11 Å². The van der Waals surface area contributed by atoms with Crippen LogP contribution in [0.3, 0.4) is 0 Å². The fraction of sp³-hybridized carbons (Fsp3) is 0.200. The number of rotatable bonds is 4. The molecule has 0 saturated heterocycles. The van der Waals surface area contributed by atoms with Gasteiger partial charge in [0.25, 0.3) is 0 Å².